The number of hydrogen-bond acceptors (Lipinski definition) is 0. The molecule has 0 aromatic heterocycles. The third-order valence-corrected chi connectivity index (χ3v) is 5.45. The maximum atomic E-state index is 2.29. The summed E-state index contributed by atoms with van der Waals surface area (Å²) in [5, 5.41) is 0. The van der Waals surface area contributed by atoms with Crippen LogP contribution in [0.15, 0.2) is 0 Å². The summed E-state index contributed by atoms with van der Waals surface area (Å²) in [5.74, 6) is 0. The van der Waals surface area contributed by atoms with Crippen LogP contribution in [0.2, 0.25) is 9.95 Å². The molecule has 0 amide bonds. The Labute approximate surface area is 92.1 Å². The molecule has 0 aliphatic carbocycles. The van der Waals surface area contributed by atoms with E-state index in [-0.39, 0.29) is 29.8 Å². The summed E-state index contributed by atoms with van der Waals surface area (Å²) in [6, 6.07) is 0. The van der Waals surface area contributed by atoms with E-state index < -0.39 is 0 Å². The van der Waals surface area contributed by atoms with Crippen LogP contribution in [0.3, 0.4) is 0 Å². The van der Waals surface area contributed by atoms with E-state index in [2.05, 4.69) is 13.8 Å². The molecule has 0 rings (SSSR count). The van der Waals surface area contributed by atoms with Crippen LogP contribution >= 0.6 is 0 Å². The molecule has 0 aliphatic heterocycles. The van der Waals surface area contributed by atoms with Crippen LogP contribution in [0.1, 0.15) is 52.4 Å². The Bertz CT molecular complexity index is 58.9. The van der Waals surface area contributed by atoms with Gasteiger partial charge in [-0.05, 0) is 0 Å². The van der Waals surface area contributed by atoms with Gasteiger partial charge in [0.1, 0.15) is 0 Å². The Morgan fingerprint density at radius 3 is 1.50 bits per heavy atom. The summed E-state index contributed by atoms with van der Waals surface area (Å²) in [6.45, 7) is 4.58. The Balaban J connectivity index is 0. The van der Waals surface area contributed by atoms with Gasteiger partial charge in [0.25, 0.3) is 0 Å². The van der Waals surface area contributed by atoms with Crippen LogP contribution < -0.4 is 12.4 Å². The minimum Gasteiger partial charge on any atom is -1.00 e. The van der Waals surface area contributed by atoms with Gasteiger partial charge in [-0.3, -0.25) is 0 Å². The third-order valence-electron chi connectivity index (χ3n) is 2.02. The molecule has 0 nitrogen and oxygen atoms in total. The SMILES string of the molecule is CCCC[CH2][Ga+][CH2]CCCC.[Cl-]. The predicted octanol–water partition coefficient (Wildman–Crippen LogP) is 0.912. The monoisotopic (exact) mass is 246 g/mol. The average molecular weight is 247 g/mol. The molecule has 0 aliphatic rings. The molecule has 0 N–H and O–H groups in total. The van der Waals surface area contributed by atoms with E-state index in [9.17, 15) is 0 Å². The molecule has 0 radical (unpaired) electrons. The molecule has 0 spiro atoms. The molecule has 0 bridgehead atoms. The zero-order valence-electron chi connectivity index (χ0n) is 8.61. The summed E-state index contributed by atoms with van der Waals surface area (Å²) in [5.41, 5.74) is 0. The number of rotatable bonds is 8. The van der Waals surface area contributed by atoms with Crippen LogP contribution in [-0.2, 0) is 0 Å². The van der Waals surface area contributed by atoms with Gasteiger partial charge in [-0.15, -0.1) is 0 Å². The minimum atomic E-state index is 0. The first-order valence-corrected chi connectivity index (χ1v) is 8.66. The van der Waals surface area contributed by atoms with Crippen LogP contribution in [0, 0.1) is 0 Å². The molecule has 0 aromatic carbocycles. The van der Waals surface area contributed by atoms with Crippen molar-refractivity contribution in [3.63, 3.8) is 0 Å². The van der Waals surface area contributed by atoms with Crippen molar-refractivity contribution in [2.24, 2.45) is 0 Å². The summed E-state index contributed by atoms with van der Waals surface area (Å²) in [4.78, 5) is 3.25. The fraction of sp³-hybridized carbons (Fsp3) is 1.00. The van der Waals surface area contributed by atoms with Crippen LogP contribution in [0.4, 0.5) is 0 Å². The van der Waals surface area contributed by atoms with Crippen LogP contribution in [-0.4, -0.2) is 17.4 Å². The summed E-state index contributed by atoms with van der Waals surface area (Å²) in [6.07, 6.45) is 8.81. The second-order valence-corrected chi connectivity index (χ2v) is 6.91. The van der Waals surface area contributed by atoms with Gasteiger partial charge in [0, 0.05) is 0 Å². The normalized spacial score (nSPS) is 8.83. The smallest absolute Gasteiger partial charge is 1.00 e. The first-order valence-electron chi connectivity index (χ1n) is 5.23. The van der Waals surface area contributed by atoms with Crippen LogP contribution in [0.25, 0.3) is 0 Å². The van der Waals surface area contributed by atoms with Crippen LogP contribution in [0.5, 0.6) is 0 Å². The zero-order valence-corrected chi connectivity index (χ0v) is 11.8. The molecule has 0 saturated heterocycles. The Morgan fingerprint density at radius 1 is 0.750 bits per heavy atom. The number of unbranched alkanes of at least 4 members (excludes halogenated alkanes) is 4. The summed E-state index contributed by atoms with van der Waals surface area (Å²) >= 11 is 0.233. The summed E-state index contributed by atoms with van der Waals surface area (Å²) in [7, 11) is 0. The van der Waals surface area contributed by atoms with Gasteiger partial charge in [0.15, 0.2) is 0 Å². The van der Waals surface area contributed by atoms with Gasteiger partial charge < -0.3 is 12.4 Å². The Morgan fingerprint density at radius 2 is 1.17 bits per heavy atom. The molecule has 72 valence electrons. The standard InChI is InChI=1S/2C5H11.ClH.Ga/c2*1-3-5-4-2;;/h2*1,3-5H2,2H3;1H;/q;;;+1/p-1. The maximum absolute atomic E-state index is 2.29. The topological polar surface area (TPSA) is 0 Å². The number of halogens is 1. The quantitative estimate of drug-likeness (QED) is 0.442. The van der Waals surface area contributed by atoms with E-state index in [0.29, 0.717) is 0 Å². The fourth-order valence-electron chi connectivity index (χ4n) is 1.22. The molecule has 0 fully saturated rings. The van der Waals surface area contributed by atoms with Crippen molar-refractivity contribution < 1.29 is 12.4 Å². The van der Waals surface area contributed by atoms with Crippen molar-refractivity contribution in [1.82, 2.24) is 0 Å². The first kappa shape index (κ1) is 15.4. The van der Waals surface area contributed by atoms with Gasteiger partial charge in [-0.2, -0.15) is 0 Å². The molecule has 0 saturated carbocycles. The van der Waals surface area contributed by atoms with Gasteiger partial charge in [-0.25, -0.2) is 0 Å². The van der Waals surface area contributed by atoms with E-state index in [1.54, 1.807) is 9.95 Å². The fourth-order valence-corrected chi connectivity index (χ4v) is 4.25. The van der Waals surface area contributed by atoms with Crippen molar-refractivity contribution in [1.29, 1.82) is 0 Å². The second kappa shape index (κ2) is 14.5. The molecule has 0 atom stereocenters. The molecule has 2 heteroatoms. The van der Waals surface area contributed by atoms with Gasteiger partial charge in [-0.1, -0.05) is 0 Å². The molecular weight excluding hydrogens is 225 g/mol. The molecule has 0 heterocycles. The molecule has 0 unspecified atom stereocenters. The molecule has 12 heavy (non-hydrogen) atoms. The second-order valence-electron chi connectivity index (χ2n) is 3.28. The Kier molecular flexibility index (Phi) is 18.5. The predicted molar refractivity (Wildman–Crippen MR) is 54.4 cm³/mol. The van der Waals surface area contributed by atoms with E-state index in [0.717, 1.165) is 0 Å². The van der Waals surface area contributed by atoms with E-state index in [1.807, 2.05) is 0 Å². The Hall–Kier alpha value is 0.926. The van der Waals surface area contributed by atoms with Gasteiger partial charge >= 0.3 is 79.7 Å². The van der Waals surface area contributed by atoms with Crippen molar-refractivity contribution in [3.05, 3.63) is 0 Å². The zero-order chi connectivity index (χ0) is 8.36. The third kappa shape index (κ3) is 13.5. The summed E-state index contributed by atoms with van der Waals surface area (Å²) < 4.78 is 0. The van der Waals surface area contributed by atoms with Crippen molar-refractivity contribution >= 4 is 17.4 Å². The van der Waals surface area contributed by atoms with E-state index >= 15 is 0 Å². The maximum Gasteiger partial charge on any atom is -1.00 e. The first-order chi connectivity index (χ1) is 5.41. The van der Waals surface area contributed by atoms with Gasteiger partial charge in [0.2, 0.25) is 0 Å². The number of hydrogen-bond donors (Lipinski definition) is 0. The molecule has 0 aromatic rings. The van der Waals surface area contributed by atoms with E-state index in [4.69, 9.17) is 0 Å². The minimum absolute atomic E-state index is 0. The largest absolute Gasteiger partial charge is 1.00 e. The van der Waals surface area contributed by atoms with Gasteiger partial charge in [0.05, 0.1) is 0 Å². The van der Waals surface area contributed by atoms with Crippen molar-refractivity contribution in [2.75, 3.05) is 0 Å². The van der Waals surface area contributed by atoms with E-state index in [1.165, 1.54) is 38.5 Å². The average Bonchev–Trinajstić information content (AvgIpc) is 2.03. The van der Waals surface area contributed by atoms with Crippen molar-refractivity contribution in [2.45, 2.75) is 62.3 Å². The molecular formula is C10H22ClGa. The van der Waals surface area contributed by atoms with Crippen molar-refractivity contribution in [3.8, 4) is 0 Å².